The van der Waals surface area contributed by atoms with Gasteiger partial charge in [-0.15, -0.1) is 0 Å². The van der Waals surface area contributed by atoms with Gasteiger partial charge in [-0.3, -0.25) is 4.79 Å². The molecule has 64 valence electrons. The molecule has 1 aromatic carbocycles. The maximum atomic E-state index is 10.4. The molecule has 0 heterocycles. The molecule has 1 rings (SSSR count). The number of aldehydes is 1. The SMILES string of the molecule is CCCc1ccc(C=O)cc1Cl. The minimum atomic E-state index is 0.639. The van der Waals surface area contributed by atoms with Crippen molar-refractivity contribution in [2.45, 2.75) is 19.8 Å². The Morgan fingerprint density at radius 3 is 2.75 bits per heavy atom. The number of rotatable bonds is 3. The summed E-state index contributed by atoms with van der Waals surface area (Å²) in [4.78, 5) is 10.4. The lowest BCUT2D eigenvalue weighted by Gasteiger charge is -2.01. The Morgan fingerprint density at radius 1 is 1.50 bits per heavy atom. The van der Waals surface area contributed by atoms with Crippen molar-refractivity contribution >= 4 is 17.9 Å². The zero-order valence-electron chi connectivity index (χ0n) is 7.01. The fraction of sp³-hybridized carbons (Fsp3) is 0.300. The second-order valence-electron chi connectivity index (χ2n) is 2.72. The second-order valence-corrected chi connectivity index (χ2v) is 3.13. The molecule has 1 nitrogen and oxygen atoms in total. The maximum Gasteiger partial charge on any atom is 0.150 e. The molecule has 0 N–H and O–H groups in total. The summed E-state index contributed by atoms with van der Waals surface area (Å²) in [5.41, 5.74) is 1.75. The van der Waals surface area contributed by atoms with Crippen LogP contribution < -0.4 is 0 Å². The van der Waals surface area contributed by atoms with Gasteiger partial charge in [0.05, 0.1) is 0 Å². The molecule has 0 atom stereocenters. The largest absolute Gasteiger partial charge is 0.298 e. The van der Waals surface area contributed by atoms with Crippen LogP contribution in [-0.2, 0) is 6.42 Å². The Morgan fingerprint density at radius 2 is 2.25 bits per heavy atom. The lowest BCUT2D eigenvalue weighted by molar-refractivity contribution is 0.112. The summed E-state index contributed by atoms with van der Waals surface area (Å²) < 4.78 is 0. The van der Waals surface area contributed by atoms with E-state index in [-0.39, 0.29) is 0 Å². The second kappa shape index (κ2) is 4.27. The summed E-state index contributed by atoms with van der Waals surface area (Å²) in [6.45, 7) is 2.10. The number of carbonyl (C=O) groups is 1. The summed E-state index contributed by atoms with van der Waals surface area (Å²) in [7, 11) is 0. The predicted molar refractivity (Wildman–Crippen MR) is 50.8 cm³/mol. The Labute approximate surface area is 77.4 Å². The van der Waals surface area contributed by atoms with Crippen molar-refractivity contribution in [1.82, 2.24) is 0 Å². The maximum absolute atomic E-state index is 10.4. The minimum Gasteiger partial charge on any atom is -0.298 e. The number of hydrogen-bond acceptors (Lipinski definition) is 1. The first-order valence-corrected chi connectivity index (χ1v) is 4.39. The summed E-state index contributed by atoms with van der Waals surface area (Å²) in [5, 5.41) is 0.696. The van der Waals surface area contributed by atoms with E-state index in [1.165, 1.54) is 0 Å². The number of benzene rings is 1. The van der Waals surface area contributed by atoms with E-state index >= 15 is 0 Å². The third-order valence-corrected chi connectivity index (χ3v) is 2.08. The molecule has 0 aromatic heterocycles. The first-order valence-electron chi connectivity index (χ1n) is 4.01. The molecule has 2 heteroatoms. The third-order valence-electron chi connectivity index (χ3n) is 1.73. The molecule has 0 aliphatic heterocycles. The fourth-order valence-corrected chi connectivity index (χ4v) is 1.39. The van der Waals surface area contributed by atoms with Crippen molar-refractivity contribution < 1.29 is 4.79 Å². The van der Waals surface area contributed by atoms with Gasteiger partial charge in [0.2, 0.25) is 0 Å². The van der Waals surface area contributed by atoms with Crippen LogP contribution in [0.1, 0.15) is 29.3 Å². The molecule has 0 saturated carbocycles. The lowest BCUT2D eigenvalue weighted by atomic mass is 10.1. The van der Waals surface area contributed by atoms with Gasteiger partial charge in [0, 0.05) is 10.6 Å². The Kier molecular flexibility index (Phi) is 3.30. The summed E-state index contributed by atoms with van der Waals surface area (Å²) in [6, 6.07) is 5.42. The van der Waals surface area contributed by atoms with Gasteiger partial charge in [-0.1, -0.05) is 37.1 Å². The lowest BCUT2D eigenvalue weighted by Crippen LogP contribution is -1.87. The van der Waals surface area contributed by atoms with Crippen LogP contribution in [0.25, 0.3) is 0 Å². The summed E-state index contributed by atoms with van der Waals surface area (Å²) in [6.07, 6.45) is 2.85. The Balaban J connectivity index is 2.94. The van der Waals surface area contributed by atoms with Crippen LogP contribution in [0.3, 0.4) is 0 Å². The zero-order chi connectivity index (χ0) is 8.97. The zero-order valence-corrected chi connectivity index (χ0v) is 7.77. The van der Waals surface area contributed by atoms with E-state index in [9.17, 15) is 4.79 Å². The molecule has 0 bridgehead atoms. The van der Waals surface area contributed by atoms with Gasteiger partial charge in [0.25, 0.3) is 0 Å². The normalized spacial score (nSPS) is 9.83. The van der Waals surface area contributed by atoms with Crippen molar-refractivity contribution in [1.29, 1.82) is 0 Å². The minimum absolute atomic E-state index is 0.639. The van der Waals surface area contributed by atoms with E-state index in [2.05, 4.69) is 6.92 Å². The number of hydrogen-bond donors (Lipinski definition) is 0. The number of halogens is 1. The van der Waals surface area contributed by atoms with E-state index in [4.69, 9.17) is 11.6 Å². The monoisotopic (exact) mass is 182 g/mol. The molecule has 12 heavy (non-hydrogen) atoms. The average Bonchev–Trinajstić information content (AvgIpc) is 2.09. The number of aryl methyl sites for hydroxylation is 1. The molecule has 0 radical (unpaired) electrons. The first-order chi connectivity index (χ1) is 5.77. The topological polar surface area (TPSA) is 17.1 Å². The third kappa shape index (κ3) is 2.08. The standard InChI is InChI=1S/C10H11ClO/c1-2-3-9-5-4-8(7-12)6-10(9)11/h4-7H,2-3H2,1H3. The van der Waals surface area contributed by atoms with Gasteiger partial charge in [-0.2, -0.15) is 0 Å². The molecule has 0 amide bonds. The van der Waals surface area contributed by atoms with Crippen molar-refractivity contribution in [2.24, 2.45) is 0 Å². The van der Waals surface area contributed by atoms with Gasteiger partial charge >= 0.3 is 0 Å². The van der Waals surface area contributed by atoms with Crippen molar-refractivity contribution in [3.8, 4) is 0 Å². The Hall–Kier alpha value is -0.820. The molecular formula is C10H11ClO. The molecule has 0 spiro atoms. The van der Waals surface area contributed by atoms with Crippen LogP contribution in [0, 0.1) is 0 Å². The van der Waals surface area contributed by atoms with Crippen molar-refractivity contribution in [2.75, 3.05) is 0 Å². The highest BCUT2D eigenvalue weighted by Gasteiger charge is 1.99. The van der Waals surface area contributed by atoms with Gasteiger partial charge in [-0.05, 0) is 18.1 Å². The van der Waals surface area contributed by atoms with E-state index in [0.717, 1.165) is 24.7 Å². The van der Waals surface area contributed by atoms with Crippen molar-refractivity contribution in [3.63, 3.8) is 0 Å². The summed E-state index contributed by atoms with van der Waals surface area (Å²) >= 11 is 5.93. The van der Waals surface area contributed by atoms with Gasteiger partial charge in [-0.25, -0.2) is 0 Å². The molecule has 0 aliphatic carbocycles. The molecule has 0 aliphatic rings. The smallest absolute Gasteiger partial charge is 0.150 e. The van der Waals surface area contributed by atoms with Crippen LogP contribution in [0.4, 0.5) is 0 Å². The van der Waals surface area contributed by atoms with Crippen LogP contribution in [0.2, 0.25) is 5.02 Å². The summed E-state index contributed by atoms with van der Waals surface area (Å²) in [5.74, 6) is 0. The van der Waals surface area contributed by atoms with Gasteiger partial charge < -0.3 is 0 Å². The molecule has 0 saturated heterocycles. The van der Waals surface area contributed by atoms with Crippen LogP contribution in [-0.4, -0.2) is 6.29 Å². The molecule has 0 fully saturated rings. The number of carbonyl (C=O) groups excluding carboxylic acids is 1. The van der Waals surface area contributed by atoms with E-state index in [0.29, 0.717) is 10.6 Å². The fourth-order valence-electron chi connectivity index (χ4n) is 1.11. The highest BCUT2D eigenvalue weighted by molar-refractivity contribution is 6.31. The van der Waals surface area contributed by atoms with Crippen LogP contribution in [0.15, 0.2) is 18.2 Å². The van der Waals surface area contributed by atoms with Crippen LogP contribution in [0.5, 0.6) is 0 Å². The molecular weight excluding hydrogens is 172 g/mol. The predicted octanol–water partition coefficient (Wildman–Crippen LogP) is 3.11. The quantitative estimate of drug-likeness (QED) is 0.657. The van der Waals surface area contributed by atoms with E-state index < -0.39 is 0 Å². The molecule has 1 aromatic rings. The van der Waals surface area contributed by atoms with E-state index in [1.54, 1.807) is 12.1 Å². The highest BCUT2D eigenvalue weighted by atomic mass is 35.5. The molecule has 0 unspecified atom stereocenters. The first kappa shape index (κ1) is 9.27. The van der Waals surface area contributed by atoms with Crippen LogP contribution >= 0.6 is 11.6 Å². The van der Waals surface area contributed by atoms with Crippen molar-refractivity contribution in [3.05, 3.63) is 34.3 Å². The van der Waals surface area contributed by atoms with E-state index in [1.807, 2.05) is 6.07 Å². The van der Waals surface area contributed by atoms with Gasteiger partial charge in [0.15, 0.2) is 0 Å². The average molecular weight is 183 g/mol. The highest BCUT2D eigenvalue weighted by Crippen LogP contribution is 2.18. The Bertz CT molecular complexity index is 281. The van der Waals surface area contributed by atoms with Gasteiger partial charge in [0.1, 0.15) is 6.29 Å².